The molecule has 1 heterocycles. The van der Waals surface area contributed by atoms with Crippen LogP contribution in [0, 0.1) is 0 Å². The third kappa shape index (κ3) is 3.61. The van der Waals surface area contributed by atoms with Gasteiger partial charge in [0.25, 0.3) is 0 Å². The van der Waals surface area contributed by atoms with Crippen molar-refractivity contribution in [3.8, 4) is 17.0 Å². The lowest BCUT2D eigenvalue weighted by Crippen LogP contribution is -2.21. The molecule has 0 bridgehead atoms. The second kappa shape index (κ2) is 6.57. The lowest BCUT2D eigenvalue weighted by Gasteiger charge is -2.09. The molecule has 0 atom stereocenters. The Morgan fingerprint density at radius 2 is 2.15 bits per heavy atom. The van der Waals surface area contributed by atoms with E-state index < -0.39 is 0 Å². The van der Waals surface area contributed by atoms with E-state index in [1.807, 2.05) is 36.9 Å². The molecule has 2 rings (SSSR count). The molecule has 0 saturated carbocycles. The Morgan fingerprint density at radius 3 is 2.85 bits per heavy atom. The first-order chi connectivity index (χ1) is 9.60. The molecular formula is C16H23N3O. The van der Waals surface area contributed by atoms with Gasteiger partial charge in [-0.15, -0.1) is 0 Å². The lowest BCUT2D eigenvalue weighted by molar-refractivity contribution is 0.340. The van der Waals surface area contributed by atoms with Crippen molar-refractivity contribution in [2.24, 2.45) is 7.05 Å². The van der Waals surface area contributed by atoms with E-state index in [9.17, 15) is 0 Å². The van der Waals surface area contributed by atoms with E-state index in [1.165, 1.54) is 5.56 Å². The van der Waals surface area contributed by atoms with Crippen molar-refractivity contribution >= 4 is 0 Å². The summed E-state index contributed by atoms with van der Waals surface area (Å²) in [6.45, 7) is 7.77. The summed E-state index contributed by atoms with van der Waals surface area (Å²) in [5.74, 6) is 0.887. The van der Waals surface area contributed by atoms with E-state index in [-0.39, 0.29) is 0 Å². The van der Waals surface area contributed by atoms with Gasteiger partial charge in [-0.1, -0.05) is 26.0 Å². The van der Waals surface area contributed by atoms with Crippen LogP contribution in [0.3, 0.4) is 0 Å². The maximum Gasteiger partial charge on any atom is 0.119 e. The first-order valence-electron chi connectivity index (χ1n) is 7.09. The highest BCUT2D eigenvalue weighted by molar-refractivity contribution is 5.64. The molecule has 2 aromatic rings. The zero-order valence-electron chi connectivity index (χ0n) is 12.7. The average molecular weight is 273 g/mol. The summed E-state index contributed by atoms with van der Waals surface area (Å²) in [5, 5.41) is 8.02. The molecule has 0 aliphatic rings. The van der Waals surface area contributed by atoms with E-state index in [4.69, 9.17) is 4.74 Å². The molecule has 0 amide bonds. The number of nitrogens with zero attached hydrogens (tertiary/aromatic N) is 2. The van der Waals surface area contributed by atoms with Crippen LogP contribution in [-0.2, 0) is 13.6 Å². The number of aromatic nitrogens is 2. The predicted molar refractivity (Wildman–Crippen MR) is 81.8 cm³/mol. The highest BCUT2D eigenvalue weighted by Crippen LogP contribution is 2.25. The molecule has 1 aromatic carbocycles. The SMILES string of the molecule is CCOc1cccc(-c2nn(C)cc2CNC(C)C)c1. The normalized spacial score (nSPS) is 11.1. The summed E-state index contributed by atoms with van der Waals surface area (Å²) in [7, 11) is 1.95. The van der Waals surface area contributed by atoms with Crippen molar-refractivity contribution < 1.29 is 4.74 Å². The van der Waals surface area contributed by atoms with Gasteiger partial charge in [-0.25, -0.2) is 0 Å². The van der Waals surface area contributed by atoms with Crippen LogP contribution < -0.4 is 10.1 Å². The molecular weight excluding hydrogens is 250 g/mol. The zero-order valence-corrected chi connectivity index (χ0v) is 12.7. The zero-order chi connectivity index (χ0) is 14.5. The highest BCUT2D eigenvalue weighted by Gasteiger charge is 2.11. The van der Waals surface area contributed by atoms with Crippen LogP contribution in [0.25, 0.3) is 11.3 Å². The molecule has 0 unspecified atom stereocenters. The van der Waals surface area contributed by atoms with E-state index in [1.54, 1.807) is 0 Å². The van der Waals surface area contributed by atoms with Crippen LogP contribution in [0.1, 0.15) is 26.3 Å². The minimum absolute atomic E-state index is 0.456. The van der Waals surface area contributed by atoms with Crippen LogP contribution in [0.15, 0.2) is 30.5 Å². The molecule has 1 aromatic heterocycles. The summed E-state index contributed by atoms with van der Waals surface area (Å²) >= 11 is 0. The molecule has 4 nitrogen and oxygen atoms in total. The van der Waals surface area contributed by atoms with Gasteiger partial charge in [0.05, 0.1) is 12.3 Å². The molecule has 0 radical (unpaired) electrons. The van der Waals surface area contributed by atoms with Crippen molar-refractivity contribution in [3.63, 3.8) is 0 Å². The van der Waals surface area contributed by atoms with Crippen molar-refractivity contribution in [1.29, 1.82) is 0 Å². The standard InChI is InChI=1S/C16H23N3O/c1-5-20-15-8-6-7-13(9-15)16-14(10-17-12(2)3)11-19(4)18-16/h6-9,11-12,17H,5,10H2,1-4H3. The first-order valence-corrected chi connectivity index (χ1v) is 7.09. The number of aryl methyl sites for hydroxylation is 1. The highest BCUT2D eigenvalue weighted by atomic mass is 16.5. The molecule has 0 aliphatic heterocycles. The van der Waals surface area contributed by atoms with E-state index in [2.05, 4.69) is 36.5 Å². The Bertz CT molecular complexity index is 561. The second-order valence-electron chi connectivity index (χ2n) is 5.17. The fourth-order valence-electron chi connectivity index (χ4n) is 2.12. The van der Waals surface area contributed by atoms with Crippen molar-refractivity contribution in [2.75, 3.05) is 6.61 Å². The quantitative estimate of drug-likeness (QED) is 0.879. The van der Waals surface area contributed by atoms with E-state index >= 15 is 0 Å². The van der Waals surface area contributed by atoms with Gasteiger partial charge in [0.1, 0.15) is 5.75 Å². The fraction of sp³-hybridized carbons (Fsp3) is 0.438. The van der Waals surface area contributed by atoms with Gasteiger partial charge in [0, 0.05) is 37.0 Å². The minimum atomic E-state index is 0.456. The van der Waals surface area contributed by atoms with Gasteiger partial charge in [-0.3, -0.25) is 4.68 Å². The topological polar surface area (TPSA) is 39.1 Å². The van der Waals surface area contributed by atoms with Crippen molar-refractivity contribution in [3.05, 3.63) is 36.0 Å². The summed E-state index contributed by atoms with van der Waals surface area (Å²) in [4.78, 5) is 0. The maximum atomic E-state index is 5.56. The molecule has 0 aliphatic carbocycles. The monoisotopic (exact) mass is 273 g/mol. The van der Waals surface area contributed by atoms with Crippen molar-refractivity contribution in [2.45, 2.75) is 33.4 Å². The maximum absolute atomic E-state index is 5.56. The third-order valence-corrected chi connectivity index (χ3v) is 3.02. The van der Waals surface area contributed by atoms with Crippen LogP contribution in [0.4, 0.5) is 0 Å². The number of nitrogens with one attached hydrogen (secondary N) is 1. The van der Waals surface area contributed by atoms with Gasteiger partial charge in [-0.2, -0.15) is 5.10 Å². The lowest BCUT2D eigenvalue weighted by atomic mass is 10.1. The first kappa shape index (κ1) is 14.6. The molecule has 20 heavy (non-hydrogen) atoms. The largest absolute Gasteiger partial charge is 0.494 e. The van der Waals surface area contributed by atoms with Crippen LogP contribution in [-0.4, -0.2) is 22.4 Å². The fourth-order valence-corrected chi connectivity index (χ4v) is 2.12. The average Bonchev–Trinajstić information content (AvgIpc) is 2.78. The molecule has 108 valence electrons. The van der Waals surface area contributed by atoms with E-state index in [0.29, 0.717) is 12.6 Å². The summed E-state index contributed by atoms with van der Waals surface area (Å²) in [5.41, 5.74) is 3.31. The van der Waals surface area contributed by atoms with Crippen molar-refractivity contribution in [1.82, 2.24) is 15.1 Å². The predicted octanol–water partition coefficient (Wildman–Crippen LogP) is 2.98. The summed E-state index contributed by atoms with van der Waals surface area (Å²) in [6, 6.07) is 8.56. The Kier molecular flexibility index (Phi) is 4.79. The Balaban J connectivity index is 2.29. The van der Waals surface area contributed by atoms with Gasteiger partial charge < -0.3 is 10.1 Å². The third-order valence-electron chi connectivity index (χ3n) is 3.02. The van der Waals surface area contributed by atoms with Gasteiger partial charge >= 0.3 is 0 Å². The number of hydrogen-bond donors (Lipinski definition) is 1. The number of hydrogen-bond acceptors (Lipinski definition) is 3. The Morgan fingerprint density at radius 1 is 1.35 bits per heavy atom. The summed E-state index contributed by atoms with van der Waals surface area (Å²) in [6.07, 6.45) is 2.07. The number of benzene rings is 1. The number of ether oxygens (including phenoxy) is 1. The van der Waals surface area contributed by atoms with Crippen LogP contribution in [0.5, 0.6) is 5.75 Å². The van der Waals surface area contributed by atoms with Gasteiger partial charge in [-0.05, 0) is 19.1 Å². The Hall–Kier alpha value is -1.81. The van der Waals surface area contributed by atoms with Gasteiger partial charge in [0.2, 0.25) is 0 Å². The minimum Gasteiger partial charge on any atom is -0.494 e. The second-order valence-corrected chi connectivity index (χ2v) is 5.17. The molecule has 0 fully saturated rings. The molecule has 4 heteroatoms. The smallest absolute Gasteiger partial charge is 0.119 e. The Labute approximate surface area is 120 Å². The summed E-state index contributed by atoms with van der Waals surface area (Å²) < 4.78 is 7.42. The van der Waals surface area contributed by atoms with Crippen LogP contribution >= 0.6 is 0 Å². The molecule has 1 N–H and O–H groups in total. The van der Waals surface area contributed by atoms with Crippen LogP contribution in [0.2, 0.25) is 0 Å². The van der Waals surface area contributed by atoms with E-state index in [0.717, 1.165) is 23.6 Å². The molecule has 0 spiro atoms. The molecule has 0 saturated heterocycles. The number of rotatable bonds is 6. The van der Waals surface area contributed by atoms with Gasteiger partial charge in [0.15, 0.2) is 0 Å².